The van der Waals surface area contributed by atoms with Crippen LogP contribution in [0.15, 0.2) is 0 Å². The first-order valence-electron chi connectivity index (χ1n) is 4.89. The molecule has 12 heavy (non-hydrogen) atoms. The fourth-order valence-electron chi connectivity index (χ4n) is 2.21. The topological polar surface area (TPSA) is 17.1 Å². The molecule has 70 valence electrons. The summed E-state index contributed by atoms with van der Waals surface area (Å²) in [7, 11) is 0. The fourth-order valence-corrected chi connectivity index (χ4v) is 2.21. The third-order valence-corrected chi connectivity index (χ3v) is 3.95. The van der Waals surface area contributed by atoms with Gasteiger partial charge < -0.3 is 0 Å². The third-order valence-electron chi connectivity index (χ3n) is 3.95. The van der Waals surface area contributed by atoms with Crippen LogP contribution in [0.1, 0.15) is 41.0 Å². The third kappa shape index (κ3) is 1.41. The summed E-state index contributed by atoms with van der Waals surface area (Å²) < 4.78 is 0. The van der Waals surface area contributed by atoms with Gasteiger partial charge in [0.2, 0.25) is 0 Å². The van der Waals surface area contributed by atoms with Gasteiger partial charge in [-0.05, 0) is 17.3 Å². The van der Waals surface area contributed by atoms with E-state index in [2.05, 4.69) is 34.6 Å². The Morgan fingerprint density at radius 2 is 1.75 bits per heavy atom. The Morgan fingerprint density at radius 3 is 2.25 bits per heavy atom. The van der Waals surface area contributed by atoms with Crippen molar-refractivity contribution < 1.29 is 4.79 Å². The molecule has 1 aliphatic carbocycles. The van der Waals surface area contributed by atoms with Crippen molar-refractivity contribution in [2.45, 2.75) is 41.0 Å². The van der Waals surface area contributed by atoms with Crippen LogP contribution in [0.25, 0.3) is 0 Å². The molecule has 0 heterocycles. The second-order valence-corrected chi connectivity index (χ2v) is 5.07. The predicted octanol–water partition coefficient (Wildman–Crippen LogP) is 2.89. The lowest BCUT2D eigenvalue weighted by atomic mass is 9.61. The first-order chi connectivity index (χ1) is 5.36. The lowest BCUT2D eigenvalue weighted by molar-refractivity contribution is -0.132. The smallest absolute Gasteiger partial charge is 0.136 e. The van der Waals surface area contributed by atoms with Gasteiger partial charge in [0.05, 0.1) is 0 Å². The summed E-state index contributed by atoms with van der Waals surface area (Å²) in [5.41, 5.74) is 0.211. The number of carbonyl (C=O) groups is 1. The molecule has 0 radical (unpaired) electrons. The molecular formula is C11H20O. The van der Waals surface area contributed by atoms with Crippen molar-refractivity contribution >= 4 is 5.78 Å². The van der Waals surface area contributed by atoms with Gasteiger partial charge in [0, 0.05) is 12.3 Å². The Balaban J connectivity index is 2.85. The maximum atomic E-state index is 11.6. The molecule has 1 heteroatoms. The molecular weight excluding hydrogens is 148 g/mol. The van der Waals surface area contributed by atoms with Crippen LogP contribution in [-0.4, -0.2) is 5.78 Å². The maximum absolute atomic E-state index is 11.6. The zero-order valence-electron chi connectivity index (χ0n) is 8.85. The van der Waals surface area contributed by atoms with E-state index in [1.54, 1.807) is 0 Å². The van der Waals surface area contributed by atoms with Crippen molar-refractivity contribution in [1.82, 2.24) is 0 Å². The second kappa shape index (κ2) is 2.86. The van der Waals surface area contributed by atoms with E-state index in [9.17, 15) is 4.79 Å². The molecule has 0 N–H and O–H groups in total. The summed E-state index contributed by atoms with van der Waals surface area (Å²) in [4.78, 5) is 11.6. The molecule has 0 aliphatic heterocycles. The molecule has 0 amide bonds. The Morgan fingerprint density at radius 1 is 1.25 bits per heavy atom. The normalized spacial score (nSPS) is 41.4. The molecule has 0 bridgehead atoms. The predicted molar refractivity (Wildman–Crippen MR) is 50.9 cm³/mol. The molecule has 1 rings (SSSR count). The van der Waals surface area contributed by atoms with Gasteiger partial charge in [-0.25, -0.2) is 0 Å². The molecule has 1 nitrogen and oxygen atoms in total. The van der Waals surface area contributed by atoms with Crippen molar-refractivity contribution in [2.24, 2.45) is 23.2 Å². The molecule has 0 spiro atoms. The lowest BCUT2D eigenvalue weighted by Crippen LogP contribution is -2.41. The Bertz CT molecular complexity index is 193. The summed E-state index contributed by atoms with van der Waals surface area (Å²) in [5.74, 6) is 1.92. The average molecular weight is 168 g/mol. The van der Waals surface area contributed by atoms with Crippen molar-refractivity contribution in [1.29, 1.82) is 0 Å². The number of Topliss-reactive ketones (excluding diaryl/α,β-unsaturated/α-hetero) is 1. The van der Waals surface area contributed by atoms with E-state index in [0.29, 0.717) is 17.6 Å². The zero-order valence-corrected chi connectivity index (χ0v) is 8.85. The van der Waals surface area contributed by atoms with Crippen LogP contribution in [0.2, 0.25) is 0 Å². The quantitative estimate of drug-likeness (QED) is 0.543. The van der Waals surface area contributed by atoms with E-state index in [1.807, 2.05) is 0 Å². The molecule has 1 aliphatic rings. The highest BCUT2D eigenvalue weighted by atomic mass is 16.1. The maximum Gasteiger partial charge on any atom is 0.136 e. The monoisotopic (exact) mass is 168 g/mol. The van der Waals surface area contributed by atoms with Gasteiger partial charge in [-0.2, -0.15) is 0 Å². The molecule has 0 aromatic carbocycles. The van der Waals surface area contributed by atoms with Gasteiger partial charge in [-0.3, -0.25) is 4.79 Å². The lowest BCUT2D eigenvalue weighted by Gasteiger charge is -2.43. The number of carbonyl (C=O) groups excluding carboxylic acids is 1. The van der Waals surface area contributed by atoms with Crippen LogP contribution < -0.4 is 0 Å². The van der Waals surface area contributed by atoms with E-state index in [-0.39, 0.29) is 11.3 Å². The minimum atomic E-state index is 0.211. The average Bonchev–Trinajstić information content (AvgIpc) is 1.97. The van der Waals surface area contributed by atoms with Gasteiger partial charge >= 0.3 is 0 Å². The van der Waals surface area contributed by atoms with Crippen molar-refractivity contribution in [3.05, 3.63) is 0 Å². The highest BCUT2D eigenvalue weighted by molar-refractivity contribution is 5.82. The summed E-state index contributed by atoms with van der Waals surface area (Å²) in [6.45, 7) is 11.0. The molecule has 0 saturated heterocycles. The second-order valence-electron chi connectivity index (χ2n) is 5.07. The number of rotatable bonds is 0. The Labute approximate surface area is 75.5 Å². The van der Waals surface area contributed by atoms with Crippen LogP contribution in [0, 0.1) is 23.2 Å². The summed E-state index contributed by atoms with van der Waals surface area (Å²) in [6, 6.07) is 0. The molecule has 0 aromatic rings. The van der Waals surface area contributed by atoms with E-state index in [4.69, 9.17) is 0 Å². The molecule has 1 fully saturated rings. The highest BCUT2D eigenvalue weighted by Crippen LogP contribution is 2.44. The first kappa shape index (κ1) is 9.76. The number of hydrogen-bond donors (Lipinski definition) is 0. The van der Waals surface area contributed by atoms with Gasteiger partial charge in [-0.1, -0.05) is 34.6 Å². The van der Waals surface area contributed by atoms with Gasteiger partial charge in [-0.15, -0.1) is 0 Å². The van der Waals surface area contributed by atoms with Crippen molar-refractivity contribution in [3.63, 3.8) is 0 Å². The first-order valence-corrected chi connectivity index (χ1v) is 4.89. The van der Waals surface area contributed by atoms with Crippen LogP contribution >= 0.6 is 0 Å². The fraction of sp³-hybridized carbons (Fsp3) is 0.909. The largest absolute Gasteiger partial charge is 0.299 e. The SMILES string of the molecule is CC1C(C)C(C)(C)CC(=O)[C@@H]1C. The van der Waals surface area contributed by atoms with E-state index < -0.39 is 0 Å². The summed E-state index contributed by atoms with van der Waals surface area (Å²) >= 11 is 0. The molecule has 2 unspecified atom stereocenters. The van der Waals surface area contributed by atoms with Gasteiger partial charge in [0.1, 0.15) is 5.78 Å². The number of ketones is 1. The van der Waals surface area contributed by atoms with E-state index >= 15 is 0 Å². The van der Waals surface area contributed by atoms with Crippen molar-refractivity contribution in [3.8, 4) is 0 Å². The molecule has 3 atom stereocenters. The van der Waals surface area contributed by atoms with Gasteiger partial charge in [0.15, 0.2) is 0 Å². The Kier molecular flexibility index (Phi) is 2.33. The standard InChI is InChI=1S/C11H20O/c1-7-8(2)10(12)6-11(4,5)9(7)3/h7-9H,6H2,1-5H3/t7?,8-,9?/m1/s1. The van der Waals surface area contributed by atoms with E-state index in [0.717, 1.165) is 6.42 Å². The van der Waals surface area contributed by atoms with Crippen LogP contribution in [-0.2, 0) is 4.79 Å². The van der Waals surface area contributed by atoms with Crippen LogP contribution in [0.4, 0.5) is 0 Å². The Hall–Kier alpha value is -0.330. The minimum Gasteiger partial charge on any atom is -0.299 e. The summed E-state index contributed by atoms with van der Waals surface area (Å²) in [5, 5.41) is 0. The van der Waals surface area contributed by atoms with Crippen LogP contribution in [0.5, 0.6) is 0 Å². The van der Waals surface area contributed by atoms with Gasteiger partial charge in [0.25, 0.3) is 0 Å². The molecule has 1 saturated carbocycles. The summed E-state index contributed by atoms with van der Waals surface area (Å²) in [6.07, 6.45) is 0.764. The molecule has 0 aromatic heterocycles. The van der Waals surface area contributed by atoms with Crippen molar-refractivity contribution in [2.75, 3.05) is 0 Å². The van der Waals surface area contributed by atoms with E-state index in [1.165, 1.54) is 0 Å². The minimum absolute atomic E-state index is 0.211. The number of hydrogen-bond acceptors (Lipinski definition) is 1. The highest BCUT2D eigenvalue weighted by Gasteiger charge is 2.41. The zero-order chi connectivity index (χ0) is 9.52. The van der Waals surface area contributed by atoms with Crippen LogP contribution in [0.3, 0.4) is 0 Å².